The molecule has 0 radical (unpaired) electrons. The van der Waals surface area contributed by atoms with Gasteiger partial charge in [0.15, 0.2) is 23.7 Å². The Kier molecular flexibility index (Phi) is 6.58. The lowest BCUT2D eigenvalue weighted by Gasteiger charge is -2.61. The Morgan fingerprint density at radius 2 is 1.92 bits per heavy atom. The van der Waals surface area contributed by atoms with Crippen LogP contribution in [0.3, 0.4) is 0 Å². The normalized spacial score (nSPS) is 29.7. The molecule has 1 aromatic rings. The number of esters is 2. The molecule has 2 aliphatic heterocycles. The summed E-state index contributed by atoms with van der Waals surface area (Å²) in [5.41, 5.74) is -0.331. The van der Waals surface area contributed by atoms with Crippen molar-refractivity contribution >= 4 is 23.8 Å². The molecule has 39 heavy (non-hydrogen) atoms. The van der Waals surface area contributed by atoms with Crippen molar-refractivity contribution in [3.8, 4) is 11.5 Å². The van der Waals surface area contributed by atoms with E-state index in [1.165, 1.54) is 13.8 Å². The number of likely N-dealkylation sites (tertiary alicyclic amines) is 1. The number of phenols is 1. The Bertz CT molecular complexity index is 1280. The fraction of sp³-hybridized carbons (Fsp3) is 0.556. The van der Waals surface area contributed by atoms with Gasteiger partial charge in [-0.15, -0.1) is 0 Å². The number of carbonyl (C=O) groups is 4. The first-order chi connectivity index (χ1) is 18.4. The molecule has 12 nitrogen and oxygen atoms in total. The van der Waals surface area contributed by atoms with Gasteiger partial charge in [0.2, 0.25) is 0 Å². The number of hydrogen-bond acceptors (Lipinski definition) is 10. The van der Waals surface area contributed by atoms with E-state index in [0.717, 1.165) is 11.1 Å². The first-order valence-corrected chi connectivity index (χ1v) is 13.0. The minimum Gasteiger partial charge on any atom is -0.504 e. The SMILES string of the molecule is CC(NC(=O)C(C)OC(=O)CCC(=O)OC1=CC[C@@]2(O)[C@H]3Cc4ccc(O)c5c4[C@@]2(CCN3C)[C@H]1O5)C(=O)O. The largest absolute Gasteiger partial charge is 0.504 e. The van der Waals surface area contributed by atoms with Gasteiger partial charge in [0.1, 0.15) is 11.8 Å². The summed E-state index contributed by atoms with van der Waals surface area (Å²) in [5.74, 6) is -3.07. The maximum atomic E-state index is 12.8. The Labute approximate surface area is 224 Å². The van der Waals surface area contributed by atoms with Crippen LogP contribution >= 0.6 is 0 Å². The van der Waals surface area contributed by atoms with E-state index in [4.69, 9.17) is 19.3 Å². The molecule has 1 saturated heterocycles. The molecule has 4 aliphatic rings. The number of likely N-dealkylation sites (N-methyl/N-ethyl adjacent to an activating group) is 1. The molecule has 1 spiro atoms. The number of phenolic OH excluding ortho intramolecular Hbond substituents is 1. The number of benzene rings is 1. The molecule has 210 valence electrons. The van der Waals surface area contributed by atoms with Gasteiger partial charge < -0.3 is 39.7 Å². The number of carboxylic acid groups (broad SMARTS) is 1. The molecule has 1 fully saturated rings. The highest BCUT2D eigenvalue weighted by atomic mass is 16.6. The molecule has 5 rings (SSSR count). The summed E-state index contributed by atoms with van der Waals surface area (Å²) in [4.78, 5) is 50.0. The van der Waals surface area contributed by atoms with Crippen LogP contribution < -0.4 is 10.1 Å². The van der Waals surface area contributed by atoms with Crippen LogP contribution in [-0.2, 0) is 40.5 Å². The highest BCUT2D eigenvalue weighted by molar-refractivity contribution is 5.88. The lowest BCUT2D eigenvalue weighted by atomic mass is 9.50. The number of piperidine rings is 1. The van der Waals surface area contributed by atoms with E-state index < -0.39 is 53.1 Å². The number of rotatable bonds is 8. The summed E-state index contributed by atoms with van der Waals surface area (Å²) in [6, 6.07) is 2.10. The fourth-order valence-electron chi connectivity index (χ4n) is 6.53. The molecule has 1 aromatic carbocycles. The van der Waals surface area contributed by atoms with Gasteiger partial charge in [0.25, 0.3) is 5.91 Å². The van der Waals surface area contributed by atoms with Crippen LogP contribution in [0.1, 0.15) is 50.7 Å². The average Bonchev–Trinajstić information content (AvgIpc) is 3.24. The minimum atomic E-state index is -1.25. The van der Waals surface area contributed by atoms with Crippen molar-refractivity contribution < 1.29 is 48.7 Å². The highest BCUT2D eigenvalue weighted by Gasteiger charge is 2.72. The molecule has 4 N–H and O–H groups in total. The predicted molar refractivity (Wildman–Crippen MR) is 133 cm³/mol. The Balaban J connectivity index is 1.27. The molecule has 0 aromatic heterocycles. The maximum Gasteiger partial charge on any atom is 0.325 e. The summed E-state index contributed by atoms with van der Waals surface area (Å²) in [6.45, 7) is 3.26. The van der Waals surface area contributed by atoms with Crippen LogP contribution in [0.4, 0.5) is 0 Å². The number of hydrogen-bond donors (Lipinski definition) is 4. The summed E-state index contributed by atoms with van der Waals surface area (Å²) in [6.07, 6.45) is 0.231. The van der Waals surface area contributed by atoms with E-state index >= 15 is 0 Å². The monoisotopic (exact) mass is 544 g/mol. The molecular formula is C27H32N2O10. The van der Waals surface area contributed by atoms with Crippen molar-refractivity contribution in [3.05, 3.63) is 35.1 Å². The lowest BCUT2D eigenvalue weighted by molar-refractivity contribution is -0.169. The molecule has 6 atom stereocenters. The van der Waals surface area contributed by atoms with E-state index in [0.29, 0.717) is 25.1 Å². The topological polar surface area (TPSA) is 172 Å². The second-order valence-electron chi connectivity index (χ2n) is 10.8. The number of carbonyl (C=O) groups excluding carboxylic acids is 3. The third-order valence-electron chi connectivity index (χ3n) is 8.52. The molecule has 2 aliphatic carbocycles. The zero-order valence-corrected chi connectivity index (χ0v) is 21.9. The van der Waals surface area contributed by atoms with Crippen LogP contribution in [0.25, 0.3) is 0 Å². The third kappa shape index (κ3) is 4.13. The fourth-order valence-corrected chi connectivity index (χ4v) is 6.53. The number of aliphatic hydroxyl groups is 1. The number of nitrogens with zero attached hydrogens (tertiary/aromatic N) is 1. The van der Waals surface area contributed by atoms with E-state index in [1.54, 1.807) is 12.1 Å². The van der Waals surface area contributed by atoms with Crippen LogP contribution in [0.5, 0.6) is 11.5 Å². The van der Waals surface area contributed by atoms with Crippen molar-refractivity contribution in [2.24, 2.45) is 0 Å². The van der Waals surface area contributed by atoms with Crippen molar-refractivity contribution in [2.75, 3.05) is 13.6 Å². The highest BCUT2D eigenvalue weighted by Crippen LogP contribution is 2.65. The first kappa shape index (κ1) is 26.9. The smallest absolute Gasteiger partial charge is 0.325 e. The standard InChI is InChI=1S/C27H32N2O10/c1-13(25(34)35)28-24(33)14(2)37-19(31)6-7-20(32)38-17-8-9-27(36)18-12-15-4-5-16(30)22-21(15)26(27,23(17)39-22)10-11-29(18)3/h4-5,8,13-14,18,23,30,36H,6-7,9-12H2,1-3H3,(H,28,33)(H,34,35)/t13?,14?,18-,23+,26+,27-/m1/s1. The predicted octanol–water partition coefficient (Wildman–Crippen LogP) is 0.514. The first-order valence-electron chi connectivity index (χ1n) is 13.0. The van der Waals surface area contributed by atoms with Crippen molar-refractivity contribution in [3.63, 3.8) is 0 Å². The number of aromatic hydroxyl groups is 1. The van der Waals surface area contributed by atoms with Gasteiger partial charge in [-0.05, 0) is 58.0 Å². The second kappa shape index (κ2) is 9.53. The van der Waals surface area contributed by atoms with Gasteiger partial charge in [-0.1, -0.05) is 6.07 Å². The summed E-state index contributed by atoms with van der Waals surface area (Å²) in [5, 5.41) is 33.8. The van der Waals surface area contributed by atoms with Gasteiger partial charge in [0.05, 0.1) is 23.9 Å². The van der Waals surface area contributed by atoms with Crippen LogP contribution in [-0.4, -0.2) is 87.5 Å². The van der Waals surface area contributed by atoms with E-state index in [9.17, 15) is 29.4 Å². The molecule has 1 amide bonds. The van der Waals surface area contributed by atoms with Gasteiger partial charge in [0, 0.05) is 18.0 Å². The molecule has 2 bridgehead atoms. The summed E-state index contributed by atoms with van der Waals surface area (Å²) >= 11 is 0. The van der Waals surface area contributed by atoms with Gasteiger partial charge in [-0.25, -0.2) is 0 Å². The zero-order chi connectivity index (χ0) is 28.3. The Morgan fingerprint density at radius 1 is 1.21 bits per heavy atom. The van der Waals surface area contributed by atoms with Crippen LogP contribution in [0.15, 0.2) is 24.0 Å². The summed E-state index contributed by atoms with van der Waals surface area (Å²) < 4.78 is 16.9. The molecule has 12 heteroatoms. The number of nitrogens with one attached hydrogen (secondary N) is 1. The van der Waals surface area contributed by atoms with Crippen LogP contribution in [0, 0.1) is 0 Å². The maximum absolute atomic E-state index is 12.8. The van der Waals surface area contributed by atoms with E-state index in [-0.39, 0.29) is 36.8 Å². The van der Waals surface area contributed by atoms with Gasteiger partial charge >= 0.3 is 17.9 Å². The van der Waals surface area contributed by atoms with E-state index in [2.05, 4.69) is 10.2 Å². The third-order valence-corrected chi connectivity index (χ3v) is 8.52. The van der Waals surface area contributed by atoms with Crippen molar-refractivity contribution in [2.45, 2.75) is 81.3 Å². The summed E-state index contributed by atoms with van der Waals surface area (Å²) in [7, 11) is 1.97. The number of carboxylic acids is 1. The molecule has 2 unspecified atom stereocenters. The second-order valence-corrected chi connectivity index (χ2v) is 10.8. The minimum absolute atomic E-state index is 0.0402. The van der Waals surface area contributed by atoms with E-state index in [1.807, 2.05) is 13.1 Å². The number of aliphatic carboxylic acids is 1. The van der Waals surface area contributed by atoms with Crippen molar-refractivity contribution in [1.82, 2.24) is 10.2 Å². The number of amides is 1. The van der Waals surface area contributed by atoms with Gasteiger partial charge in [-0.3, -0.25) is 19.2 Å². The van der Waals surface area contributed by atoms with Gasteiger partial charge in [-0.2, -0.15) is 0 Å². The lowest BCUT2D eigenvalue weighted by Crippen LogP contribution is -2.74. The zero-order valence-electron chi connectivity index (χ0n) is 21.9. The number of ether oxygens (including phenoxy) is 3. The van der Waals surface area contributed by atoms with Crippen LogP contribution in [0.2, 0.25) is 0 Å². The Hall–Kier alpha value is -3.64. The average molecular weight is 545 g/mol. The van der Waals surface area contributed by atoms with Crippen molar-refractivity contribution in [1.29, 1.82) is 0 Å². The molecule has 2 heterocycles. The molecule has 0 saturated carbocycles. The quantitative estimate of drug-likeness (QED) is 0.336. The Morgan fingerprint density at radius 3 is 2.64 bits per heavy atom. The molecular weight excluding hydrogens is 512 g/mol.